The van der Waals surface area contributed by atoms with Crippen molar-refractivity contribution >= 4 is 23.5 Å². The third-order valence-corrected chi connectivity index (χ3v) is 3.77. The fraction of sp³-hybridized carbons (Fsp3) is 0. The van der Waals surface area contributed by atoms with E-state index in [2.05, 4.69) is 8.62 Å². The summed E-state index contributed by atoms with van der Waals surface area (Å²) in [5, 5.41) is 0. The summed E-state index contributed by atoms with van der Waals surface area (Å²) in [7, 11) is -16.2. The Bertz CT molecular complexity index is 277. The lowest BCUT2D eigenvalue weighted by Crippen LogP contribution is -1.91. The Balaban J connectivity index is 0. The summed E-state index contributed by atoms with van der Waals surface area (Å²) in [6.07, 6.45) is 0. The van der Waals surface area contributed by atoms with Gasteiger partial charge in [-0.25, -0.2) is 13.7 Å². The second kappa shape index (κ2) is 4.91. The first-order valence-electron chi connectivity index (χ1n) is 2.28. The number of hydrogen-bond donors (Lipinski definition) is 5. The van der Waals surface area contributed by atoms with E-state index in [1.165, 1.54) is 0 Å². The molecule has 0 saturated carbocycles. The molecule has 5 N–H and O–H groups in total. The molecule has 0 saturated heterocycles. The monoisotopic (exact) mass is 278 g/mol. The molecule has 0 aliphatic carbocycles. The van der Waals surface area contributed by atoms with E-state index in [4.69, 9.17) is 24.5 Å². The SMILES string of the molecule is F.O=P(O)(O)OP(=O)(O)OP(=O)(O)O. The van der Waals surface area contributed by atoms with Crippen molar-refractivity contribution in [2.24, 2.45) is 0 Å². The van der Waals surface area contributed by atoms with Crippen LogP contribution in [0.5, 0.6) is 0 Å². The zero-order chi connectivity index (χ0) is 10.9. The molecule has 0 amide bonds. The molecule has 0 aliphatic heterocycles. The summed E-state index contributed by atoms with van der Waals surface area (Å²) in [6.45, 7) is 0. The number of hydrogen-bond acceptors (Lipinski definition) is 5. The maximum Gasteiger partial charge on any atom is 0.490 e. The van der Waals surface area contributed by atoms with Crippen molar-refractivity contribution in [1.29, 1.82) is 0 Å². The zero-order valence-electron chi connectivity index (χ0n) is 6.03. The summed E-state index contributed by atoms with van der Waals surface area (Å²) >= 11 is 0. The zero-order valence-corrected chi connectivity index (χ0v) is 8.71. The lowest BCUT2D eigenvalue weighted by molar-refractivity contribution is 0.204. The number of halogens is 1. The van der Waals surface area contributed by atoms with Crippen LogP contribution in [0.25, 0.3) is 0 Å². The van der Waals surface area contributed by atoms with E-state index in [0.29, 0.717) is 0 Å². The van der Waals surface area contributed by atoms with Crippen molar-refractivity contribution < 1.29 is 51.5 Å². The molecule has 0 spiro atoms. The molecular weight excluding hydrogens is 272 g/mol. The van der Waals surface area contributed by atoms with Gasteiger partial charge in [-0.15, -0.1) is 0 Å². The average Bonchev–Trinajstić information content (AvgIpc) is 1.43. The lowest BCUT2D eigenvalue weighted by atomic mass is 15.7. The van der Waals surface area contributed by atoms with E-state index in [1.807, 2.05) is 0 Å². The van der Waals surface area contributed by atoms with E-state index >= 15 is 0 Å². The van der Waals surface area contributed by atoms with Crippen LogP contribution in [0.15, 0.2) is 0 Å². The summed E-state index contributed by atoms with van der Waals surface area (Å²) in [6, 6.07) is 0. The van der Waals surface area contributed by atoms with Gasteiger partial charge in [-0.3, -0.25) is 4.70 Å². The van der Waals surface area contributed by atoms with Crippen molar-refractivity contribution in [2.75, 3.05) is 0 Å². The van der Waals surface area contributed by atoms with Crippen molar-refractivity contribution in [1.82, 2.24) is 0 Å². The molecule has 14 heteroatoms. The van der Waals surface area contributed by atoms with Crippen molar-refractivity contribution in [2.45, 2.75) is 0 Å². The van der Waals surface area contributed by atoms with Gasteiger partial charge in [0.05, 0.1) is 0 Å². The first-order valence-corrected chi connectivity index (χ1v) is 6.83. The van der Waals surface area contributed by atoms with Crippen LogP contribution in [0, 0.1) is 0 Å². The molecule has 0 unspecified atom stereocenters. The molecule has 88 valence electrons. The highest BCUT2D eigenvalue weighted by Gasteiger charge is 2.38. The van der Waals surface area contributed by atoms with E-state index < -0.39 is 23.5 Å². The van der Waals surface area contributed by atoms with E-state index in [1.54, 1.807) is 0 Å². The first kappa shape index (κ1) is 16.8. The Kier molecular flexibility index (Phi) is 5.88. The Morgan fingerprint density at radius 2 is 0.929 bits per heavy atom. The average molecular weight is 278 g/mol. The standard InChI is InChI=1S/FH.H5O10P3/c;1-11(2,3)9-13(7,8)10-12(4,5)6/h1H;(H,7,8)(H2,1,2,3)(H2,4,5,6). The quantitative estimate of drug-likeness (QED) is 0.420. The molecule has 0 aromatic carbocycles. The highest BCUT2D eigenvalue weighted by molar-refractivity contribution is 7.66. The van der Waals surface area contributed by atoms with Crippen LogP contribution in [-0.4, -0.2) is 24.5 Å². The Morgan fingerprint density at radius 3 is 1.07 bits per heavy atom. The van der Waals surface area contributed by atoms with Crippen molar-refractivity contribution in [3.05, 3.63) is 0 Å². The molecule has 0 fully saturated rings. The fourth-order valence-electron chi connectivity index (χ4n) is 0.284. The van der Waals surface area contributed by atoms with Crippen LogP contribution in [0.1, 0.15) is 0 Å². The van der Waals surface area contributed by atoms with Crippen LogP contribution in [0.3, 0.4) is 0 Å². The lowest BCUT2D eigenvalue weighted by Gasteiger charge is -2.11. The van der Waals surface area contributed by atoms with Crippen molar-refractivity contribution in [3.8, 4) is 0 Å². The van der Waals surface area contributed by atoms with Crippen molar-refractivity contribution in [3.63, 3.8) is 0 Å². The van der Waals surface area contributed by atoms with Gasteiger partial charge in [-0.2, -0.15) is 8.62 Å². The van der Waals surface area contributed by atoms with Gasteiger partial charge >= 0.3 is 23.5 Å². The predicted molar refractivity (Wildman–Crippen MR) is 38.6 cm³/mol. The van der Waals surface area contributed by atoms with E-state index in [-0.39, 0.29) is 4.70 Å². The van der Waals surface area contributed by atoms with Crippen LogP contribution < -0.4 is 0 Å². The summed E-state index contributed by atoms with van der Waals surface area (Å²) in [5.74, 6) is 0. The van der Waals surface area contributed by atoms with Gasteiger partial charge in [0.25, 0.3) is 0 Å². The summed E-state index contributed by atoms with van der Waals surface area (Å²) in [5.41, 5.74) is 0. The molecular formula is H6FO10P3. The highest BCUT2D eigenvalue weighted by atomic mass is 31.3. The molecule has 0 heterocycles. The maximum atomic E-state index is 10.4. The topological polar surface area (TPSA) is 171 Å². The van der Waals surface area contributed by atoms with Gasteiger partial charge in [0, 0.05) is 0 Å². The summed E-state index contributed by atoms with van der Waals surface area (Å²) < 4.78 is 36.4. The Labute approximate surface area is 76.0 Å². The fourth-order valence-corrected chi connectivity index (χ4v) is 2.82. The van der Waals surface area contributed by atoms with Gasteiger partial charge in [0.2, 0.25) is 0 Å². The number of rotatable bonds is 4. The molecule has 0 rings (SSSR count). The molecule has 0 aromatic rings. The molecule has 10 nitrogen and oxygen atoms in total. The predicted octanol–water partition coefficient (Wildman–Crippen LogP) is -0.542. The minimum Gasteiger partial charge on any atom is -0.302 e. The normalized spacial score (nSPS) is 13.5. The Hall–Kier alpha value is 0.340. The molecule has 14 heavy (non-hydrogen) atoms. The third kappa shape index (κ3) is 10.4. The van der Waals surface area contributed by atoms with Gasteiger partial charge in [-0.1, -0.05) is 0 Å². The smallest absolute Gasteiger partial charge is 0.302 e. The molecule has 0 aliphatic rings. The number of phosphoric acid groups is 3. The molecule has 0 radical (unpaired) electrons. The van der Waals surface area contributed by atoms with Gasteiger partial charge in [-0.05, 0) is 0 Å². The van der Waals surface area contributed by atoms with Crippen LogP contribution in [-0.2, 0) is 22.3 Å². The van der Waals surface area contributed by atoms with Crippen LogP contribution >= 0.6 is 23.5 Å². The second-order valence-corrected chi connectivity index (χ2v) is 5.82. The second-order valence-electron chi connectivity index (χ2n) is 1.61. The van der Waals surface area contributed by atoms with Crippen LogP contribution in [0.4, 0.5) is 4.70 Å². The third-order valence-electron chi connectivity index (χ3n) is 0.419. The van der Waals surface area contributed by atoms with Gasteiger partial charge in [0.15, 0.2) is 0 Å². The minimum atomic E-state index is -5.46. The van der Waals surface area contributed by atoms with E-state index in [9.17, 15) is 13.7 Å². The first-order chi connectivity index (χ1) is 5.41. The summed E-state index contributed by atoms with van der Waals surface area (Å²) in [4.78, 5) is 40.2. The highest BCUT2D eigenvalue weighted by Crippen LogP contribution is 2.64. The molecule has 0 bridgehead atoms. The molecule has 0 aromatic heterocycles. The minimum absolute atomic E-state index is 0. The van der Waals surface area contributed by atoms with Crippen LogP contribution in [0.2, 0.25) is 0 Å². The van der Waals surface area contributed by atoms with Gasteiger partial charge in [0.1, 0.15) is 0 Å². The van der Waals surface area contributed by atoms with E-state index in [0.717, 1.165) is 0 Å². The Morgan fingerprint density at radius 1 is 0.714 bits per heavy atom. The van der Waals surface area contributed by atoms with Gasteiger partial charge < -0.3 is 24.5 Å². The maximum absolute atomic E-state index is 10.4. The largest absolute Gasteiger partial charge is 0.490 e. The molecule has 0 atom stereocenters.